The van der Waals surface area contributed by atoms with Crippen LogP contribution in [0.3, 0.4) is 0 Å². The van der Waals surface area contributed by atoms with Gasteiger partial charge in [0.1, 0.15) is 5.15 Å². The van der Waals surface area contributed by atoms with Crippen LogP contribution in [0.5, 0.6) is 0 Å². The van der Waals surface area contributed by atoms with Crippen LogP contribution >= 0.6 is 11.6 Å². The molecule has 1 aliphatic heterocycles. The first-order valence-electron chi connectivity index (χ1n) is 8.29. The summed E-state index contributed by atoms with van der Waals surface area (Å²) in [6.45, 7) is 1.88. The summed E-state index contributed by atoms with van der Waals surface area (Å²) in [6, 6.07) is 25.7. The fraction of sp³-hybridized carbons (Fsp3) is 0.190. The predicted molar refractivity (Wildman–Crippen MR) is 98.1 cm³/mol. The maximum Gasteiger partial charge on any atom is 0.129 e. The molecule has 0 aliphatic carbocycles. The van der Waals surface area contributed by atoms with Gasteiger partial charge in [0.25, 0.3) is 0 Å². The van der Waals surface area contributed by atoms with Crippen LogP contribution in [0.15, 0.2) is 72.8 Å². The maximum absolute atomic E-state index is 6.04. The Morgan fingerprint density at radius 3 is 2.08 bits per heavy atom. The summed E-state index contributed by atoms with van der Waals surface area (Å²) < 4.78 is 0. The summed E-state index contributed by atoms with van der Waals surface area (Å²) in [5.74, 6) is 0. The standard InChI is InChI=1S/C21H19ClN2/c22-20-12-11-18-15-24(14-13-19(18)23-20)21(16-7-3-1-4-8-16)17-9-5-2-6-10-17/h1-12,21H,13-15H2. The van der Waals surface area contributed by atoms with Gasteiger partial charge in [0.15, 0.2) is 0 Å². The zero-order valence-corrected chi connectivity index (χ0v) is 14.2. The van der Waals surface area contributed by atoms with Crippen LogP contribution in [0.1, 0.15) is 28.4 Å². The van der Waals surface area contributed by atoms with Crippen molar-refractivity contribution < 1.29 is 0 Å². The Morgan fingerprint density at radius 1 is 0.833 bits per heavy atom. The largest absolute Gasteiger partial charge is 0.288 e. The van der Waals surface area contributed by atoms with Crippen molar-refractivity contribution in [2.45, 2.75) is 19.0 Å². The second-order valence-electron chi connectivity index (χ2n) is 6.18. The summed E-state index contributed by atoms with van der Waals surface area (Å²) in [7, 11) is 0. The number of hydrogen-bond acceptors (Lipinski definition) is 2. The number of halogens is 1. The van der Waals surface area contributed by atoms with Crippen LogP contribution in [0.25, 0.3) is 0 Å². The minimum atomic E-state index is 0.260. The van der Waals surface area contributed by atoms with Crippen LogP contribution in [-0.2, 0) is 13.0 Å². The lowest BCUT2D eigenvalue weighted by atomic mass is 9.94. The van der Waals surface area contributed by atoms with Crippen LogP contribution in [0, 0.1) is 0 Å². The van der Waals surface area contributed by atoms with Gasteiger partial charge in [0, 0.05) is 25.2 Å². The number of pyridine rings is 1. The van der Waals surface area contributed by atoms with Crippen LogP contribution in [-0.4, -0.2) is 16.4 Å². The van der Waals surface area contributed by atoms with Crippen molar-refractivity contribution in [1.82, 2.24) is 9.88 Å². The van der Waals surface area contributed by atoms with Gasteiger partial charge in [-0.3, -0.25) is 4.90 Å². The molecule has 0 fully saturated rings. The van der Waals surface area contributed by atoms with Crippen molar-refractivity contribution in [1.29, 1.82) is 0 Å². The quantitative estimate of drug-likeness (QED) is 0.634. The van der Waals surface area contributed by atoms with Crippen molar-refractivity contribution in [2.24, 2.45) is 0 Å². The molecule has 0 saturated heterocycles. The molecule has 0 saturated carbocycles. The first-order valence-corrected chi connectivity index (χ1v) is 8.67. The normalized spacial score (nSPS) is 14.6. The summed E-state index contributed by atoms with van der Waals surface area (Å²) in [4.78, 5) is 7.02. The maximum atomic E-state index is 6.04. The van der Waals surface area contributed by atoms with Gasteiger partial charge in [-0.15, -0.1) is 0 Å². The molecule has 120 valence electrons. The average Bonchev–Trinajstić information content (AvgIpc) is 2.64. The Labute approximate surface area is 147 Å². The van der Waals surface area contributed by atoms with Crippen LogP contribution < -0.4 is 0 Å². The molecule has 0 N–H and O–H groups in total. The number of aromatic nitrogens is 1. The minimum Gasteiger partial charge on any atom is -0.288 e. The molecule has 2 heterocycles. The molecule has 4 rings (SSSR count). The Bertz CT molecular complexity index is 778. The molecule has 3 heteroatoms. The van der Waals surface area contributed by atoms with Crippen molar-refractivity contribution >= 4 is 11.6 Å². The molecule has 0 radical (unpaired) electrons. The predicted octanol–water partition coefficient (Wildman–Crippen LogP) is 4.88. The third kappa shape index (κ3) is 3.08. The van der Waals surface area contributed by atoms with E-state index >= 15 is 0 Å². The summed E-state index contributed by atoms with van der Waals surface area (Å²) in [6.07, 6.45) is 0.937. The van der Waals surface area contributed by atoms with Gasteiger partial charge >= 0.3 is 0 Å². The van der Waals surface area contributed by atoms with E-state index in [1.54, 1.807) is 0 Å². The smallest absolute Gasteiger partial charge is 0.129 e. The molecule has 2 nitrogen and oxygen atoms in total. The van der Waals surface area contributed by atoms with E-state index in [1.807, 2.05) is 6.07 Å². The molecule has 2 aromatic carbocycles. The highest BCUT2D eigenvalue weighted by Gasteiger charge is 2.26. The molecular weight excluding hydrogens is 316 g/mol. The summed E-state index contributed by atoms with van der Waals surface area (Å²) in [5, 5.41) is 0.588. The lowest BCUT2D eigenvalue weighted by Crippen LogP contribution is -2.35. The van der Waals surface area contributed by atoms with Gasteiger partial charge in [0.05, 0.1) is 6.04 Å². The molecule has 24 heavy (non-hydrogen) atoms. The first kappa shape index (κ1) is 15.4. The zero-order valence-electron chi connectivity index (χ0n) is 13.4. The number of benzene rings is 2. The molecule has 0 atom stereocenters. The SMILES string of the molecule is Clc1ccc2c(n1)CCN(C(c1ccccc1)c1ccccc1)C2. The number of rotatable bonds is 3. The lowest BCUT2D eigenvalue weighted by molar-refractivity contribution is 0.204. The van der Waals surface area contributed by atoms with Gasteiger partial charge in [-0.05, 0) is 22.8 Å². The van der Waals surface area contributed by atoms with Gasteiger partial charge in [-0.2, -0.15) is 0 Å². The second kappa shape index (κ2) is 6.76. The van der Waals surface area contributed by atoms with E-state index in [1.165, 1.54) is 16.7 Å². The fourth-order valence-corrected chi connectivity index (χ4v) is 3.68. The Balaban J connectivity index is 1.71. The first-order chi connectivity index (χ1) is 11.8. The van der Waals surface area contributed by atoms with E-state index in [0.717, 1.165) is 25.2 Å². The monoisotopic (exact) mass is 334 g/mol. The third-order valence-corrected chi connectivity index (χ3v) is 4.85. The van der Waals surface area contributed by atoms with Crippen molar-refractivity contribution in [3.8, 4) is 0 Å². The van der Waals surface area contributed by atoms with Crippen LogP contribution in [0.2, 0.25) is 5.15 Å². The molecule has 1 aromatic heterocycles. The number of hydrogen-bond donors (Lipinski definition) is 0. The minimum absolute atomic E-state index is 0.260. The van der Waals surface area contributed by atoms with E-state index in [9.17, 15) is 0 Å². The fourth-order valence-electron chi connectivity index (χ4n) is 3.52. The highest BCUT2D eigenvalue weighted by Crippen LogP contribution is 2.32. The molecule has 0 amide bonds. The Morgan fingerprint density at radius 2 is 1.46 bits per heavy atom. The summed E-state index contributed by atoms with van der Waals surface area (Å²) in [5.41, 5.74) is 5.07. The molecule has 3 aromatic rings. The highest BCUT2D eigenvalue weighted by atomic mass is 35.5. The zero-order chi connectivity index (χ0) is 16.4. The molecule has 0 spiro atoms. The molecule has 0 bridgehead atoms. The van der Waals surface area contributed by atoms with Gasteiger partial charge in [0.2, 0.25) is 0 Å². The van der Waals surface area contributed by atoms with Gasteiger partial charge in [-0.1, -0.05) is 78.3 Å². The molecule has 0 unspecified atom stereocenters. The number of fused-ring (bicyclic) bond motifs is 1. The number of nitrogens with zero attached hydrogens (tertiary/aromatic N) is 2. The Kier molecular flexibility index (Phi) is 4.33. The third-order valence-electron chi connectivity index (χ3n) is 4.64. The molecular formula is C21H19ClN2. The average molecular weight is 335 g/mol. The Hall–Kier alpha value is -2.16. The summed E-state index contributed by atoms with van der Waals surface area (Å²) >= 11 is 6.04. The van der Waals surface area contributed by atoms with E-state index in [4.69, 9.17) is 11.6 Å². The van der Waals surface area contributed by atoms with E-state index in [2.05, 4.69) is 76.6 Å². The highest BCUT2D eigenvalue weighted by molar-refractivity contribution is 6.29. The topological polar surface area (TPSA) is 16.1 Å². The van der Waals surface area contributed by atoms with Gasteiger partial charge in [-0.25, -0.2) is 4.98 Å². The lowest BCUT2D eigenvalue weighted by Gasteiger charge is -2.36. The van der Waals surface area contributed by atoms with E-state index < -0.39 is 0 Å². The van der Waals surface area contributed by atoms with Crippen molar-refractivity contribution in [3.63, 3.8) is 0 Å². The van der Waals surface area contributed by atoms with Crippen molar-refractivity contribution in [2.75, 3.05) is 6.54 Å². The van der Waals surface area contributed by atoms with Crippen LogP contribution in [0.4, 0.5) is 0 Å². The molecule has 1 aliphatic rings. The second-order valence-corrected chi connectivity index (χ2v) is 6.57. The van der Waals surface area contributed by atoms with E-state index in [0.29, 0.717) is 5.15 Å². The van der Waals surface area contributed by atoms with Gasteiger partial charge < -0.3 is 0 Å². The van der Waals surface area contributed by atoms with Crippen molar-refractivity contribution in [3.05, 3.63) is 100 Å². The van der Waals surface area contributed by atoms with E-state index in [-0.39, 0.29) is 6.04 Å².